The van der Waals surface area contributed by atoms with Crippen molar-refractivity contribution in [2.75, 3.05) is 0 Å². The molecule has 0 N–H and O–H groups in total. The summed E-state index contributed by atoms with van der Waals surface area (Å²) in [6.07, 6.45) is 0. The van der Waals surface area contributed by atoms with Crippen LogP contribution in [0.15, 0.2) is 0 Å². The van der Waals surface area contributed by atoms with Crippen LogP contribution in [0.2, 0.25) is 0 Å². The summed E-state index contributed by atoms with van der Waals surface area (Å²) in [6, 6.07) is 0. The molecule has 36 valence electrons. The van der Waals surface area contributed by atoms with Crippen LogP contribution >= 0.6 is 0 Å². The average Bonchev–Trinajstić information content (AvgIpc) is 0. The molecule has 0 rings (SSSR count). The number of rotatable bonds is 0. The molecule has 0 unspecified atom stereocenters. The summed E-state index contributed by atoms with van der Waals surface area (Å²) in [4.78, 5) is 0. The van der Waals surface area contributed by atoms with E-state index in [0.29, 0.717) is 0 Å². The molecule has 0 atom stereocenters. The third kappa shape index (κ3) is 56.9. The number of hydrogen-bond donors (Lipinski definition) is 0. The van der Waals surface area contributed by atoms with Crippen molar-refractivity contribution >= 4 is 82.1 Å². The molecule has 0 aliphatic carbocycles. The Balaban J connectivity index is 0. The minimum absolute atomic E-state index is 0. The predicted molar refractivity (Wildman–Crippen MR) is 25.1 cm³/mol. The van der Waals surface area contributed by atoms with Crippen molar-refractivity contribution in [1.82, 2.24) is 0 Å². The Hall–Kier alpha value is 2.52. The fourth-order valence-corrected chi connectivity index (χ4v) is 0. The van der Waals surface area contributed by atoms with Gasteiger partial charge in [0.15, 0.2) is 0 Å². The normalized spacial score (nSPS) is 0. The van der Waals surface area contributed by atoms with E-state index < -0.39 is 0 Å². The molecule has 0 spiro atoms. The van der Waals surface area contributed by atoms with E-state index in [1.807, 2.05) is 0 Å². The van der Waals surface area contributed by atoms with Gasteiger partial charge in [0.2, 0.25) is 0 Å². The van der Waals surface area contributed by atoms with Crippen LogP contribution in [-0.4, -0.2) is 82.1 Å². The van der Waals surface area contributed by atoms with Gasteiger partial charge in [-0.1, -0.05) is 0 Å². The molecule has 7 heteroatoms. The molecular weight excluding hydrogens is 357 g/mol. The first-order chi connectivity index (χ1) is 0. The van der Waals surface area contributed by atoms with E-state index >= 15 is 0 Å². The average molecular weight is 357 g/mol. The fraction of sp³-hybridized carbons (Fsp3) is 0. The topological polar surface area (TPSA) is 85.5 Å². The zero-order chi connectivity index (χ0) is 0. The minimum atomic E-state index is 0. The summed E-state index contributed by atoms with van der Waals surface area (Å²) >= 11 is 0. The van der Waals surface area contributed by atoms with Gasteiger partial charge in [-0.15, -0.1) is 0 Å². The SMILES string of the molecule is [Al+3].[Al+3].[O-2].[O-2].[O-2].[Te].[Te]. The summed E-state index contributed by atoms with van der Waals surface area (Å²) in [5.74, 6) is 0. The largest absolute Gasteiger partial charge is 3.00 e. The minimum Gasteiger partial charge on any atom is -2.00 e. The molecule has 3 nitrogen and oxygen atoms in total. The van der Waals surface area contributed by atoms with Gasteiger partial charge in [-0.2, -0.15) is 0 Å². The fourth-order valence-electron chi connectivity index (χ4n) is 0. The Morgan fingerprint density at radius 1 is 0.429 bits per heavy atom. The van der Waals surface area contributed by atoms with Crippen molar-refractivity contribution in [2.24, 2.45) is 0 Å². The van der Waals surface area contributed by atoms with Crippen molar-refractivity contribution in [2.45, 2.75) is 0 Å². The third-order valence-electron chi connectivity index (χ3n) is 0. The van der Waals surface area contributed by atoms with Gasteiger partial charge in [0.05, 0.1) is 0 Å². The molecule has 0 saturated heterocycles. The molecule has 4 radical (unpaired) electrons. The molecule has 0 aromatic heterocycles. The Morgan fingerprint density at radius 3 is 0.429 bits per heavy atom. The van der Waals surface area contributed by atoms with Crippen molar-refractivity contribution in [3.05, 3.63) is 0 Å². The summed E-state index contributed by atoms with van der Waals surface area (Å²) in [6.45, 7) is 0. The van der Waals surface area contributed by atoms with E-state index in [1.54, 1.807) is 0 Å². The van der Waals surface area contributed by atoms with E-state index in [1.165, 1.54) is 0 Å². The monoisotopic (exact) mass is 362 g/mol. The Bertz CT molecular complexity index is 10.9. The van der Waals surface area contributed by atoms with Gasteiger partial charge in [-0.3, -0.25) is 0 Å². The van der Waals surface area contributed by atoms with E-state index in [9.17, 15) is 0 Å². The van der Waals surface area contributed by atoms with Crippen LogP contribution < -0.4 is 0 Å². The van der Waals surface area contributed by atoms with Gasteiger partial charge in [0.25, 0.3) is 0 Å². The predicted octanol–water partition coefficient (Wildman–Crippen LogP) is -1.88. The Morgan fingerprint density at radius 2 is 0.429 bits per heavy atom. The third-order valence-corrected chi connectivity index (χ3v) is 0. The van der Waals surface area contributed by atoms with Crippen molar-refractivity contribution in [3.8, 4) is 0 Å². The van der Waals surface area contributed by atoms with Gasteiger partial charge >= 0.3 is 34.7 Å². The van der Waals surface area contributed by atoms with Crippen LogP contribution in [0.5, 0.6) is 0 Å². The van der Waals surface area contributed by atoms with Gasteiger partial charge in [0, 0.05) is 47.3 Å². The van der Waals surface area contributed by atoms with Gasteiger partial charge in [0.1, 0.15) is 0 Å². The molecule has 0 bridgehead atoms. The van der Waals surface area contributed by atoms with Gasteiger partial charge in [-0.05, 0) is 0 Å². The van der Waals surface area contributed by atoms with E-state index in [4.69, 9.17) is 0 Å². The Labute approximate surface area is 97.3 Å². The van der Waals surface area contributed by atoms with Crippen LogP contribution in [0, 0.1) is 0 Å². The smallest absolute Gasteiger partial charge is 2.00 e. The first kappa shape index (κ1) is 109. The van der Waals surface area contributed by atoms with Crippen LogP contribution in [0.1, 0.15) is 0 Å². The quantitative estimate of drug-likeness (QED) is 0.455. The second-order valence-electron chi connectivity index (χ2n) is 0. The first-order valence-corrected chi connectivity index (χ1v) is 0. The number of hydrogen-bond acceptors (Lipinski definition) is 0. The summed E-state index contributed by atoms with van der Waals surface area (Å²) in [5, 5.41) is 0. The van der Waals surface area contributed by atoms with Crippen LogP contribution in [0.25, 0.3) is 0 Å². The van der Waals surface area contributed by atoms with Crippen LogP contribution in [0.3, 0.4) is 0 Å². The molecule has 7 heavy (non-hydrogen) atoms. The standard InChI is InChI=1S/2Al.3O.2Te/q2*+3;3*-2;;. The molecule has 0 fully saturated rings. The maximum absolute atomic E-state index is 0. The van der Waals surface area contributed by atoms with E-state index in [0.717, 1.165) is 0 Å². The first-order valence-electron chi connectivity index (χ1n) is 0. The molecule has 0 heterocycles. The zero-order valence-electron chi connectivity index (χ0n) is 3.20. The molecule has 0 saturated carbocycles. The maximum atomic E-state index is 0. The van der Waals surface area contributed by atoms with Crippen molar-refractivity contribution in [1.29, 1.82) is 0 Å². The van der Waals surface area contributed by atoms with E-state index in [2.05, 4.69) is 0 Å². The van der Waals surface area contributed by atoms with Crippen LogP contribution in [-0.2, 0) is 16.4 Å². The molecule has 0 aliphatic rings. The molecule has 0 amide bonds. The zero-order valence-corrected chi connectivity index (χ0v) is 10.2. The van der Waals surface area contributed by atoms with Crippen molar-refractivity contribution in [3.63, 3.8) is 0 Å². The molecule has 0 aromatic rings. The summed E-state index contributed by atoms with van der Waals surface area (Å²) < 4.78 is 0. The van der Waals surface area contributed by atoms with Gasteiger partial charge in [-0.25, -0.2) is 0 Å². The molecule has 0 aliphatic heterocycles. The molecule has 0 aromatic carbocycles. The van der Waals surface area contributed by atoms with E-state index in [-0.39, 0.29) is 98.5 Å². The van der Waals surface area contributed by atoms with Crippen molar-refractivity contribution < 1.29 is 16.4 Å². The maximum Gasteiger partial charge on any atom is 3.00 e. The second-order valence-corrected chi connectivity index (χ2v) is 0. The Kier molecular flexibility index (Phi) is 1180. The summed E-state index contributed by atoms with van der Waals surface area (Å²) in [7, 11) is 0. The van der Waals surface area contributed by atoms with Crippen LogP contribution in [0.4, 0.5) is 0 Å². The summed E-state index contributed by atoms with van der Waals surface area (Å²) in [5.41, 5.74) is 0. The second kappa shape index (κ2) is 75.7. The van der Waals surface area contributed by atoms with Gasteiger partial charge < -0.3 is 16.4 Å². The molecular formula is Al2O3Te2.